The molecule has 2 aromatic carbocycles. The lowest BCUT2D eigenvalue weighted by molar-refractivity contribution is -0.141. The van der Waals surface area contributed by atoms with Crippen LogP contribution in [0.4, 0.5) is 0 Å². The maximum Gasteiger partial charge on any atom is 0.343 e. The number of hydrogen-bond donors (Lipinski definition) is 0. The topological polar surface area (TPSA) is 83.8 Å². The van der Waals surface area contributed by atoms with Gasteiger partial charge in [-0.15, -0.1) is 0 Å². The molecule has 3 rings (SSSR count). The van der Waals surface area contributed by atoms with Crippen LogP contribution in [0.2, 0.25) is 0 Å². The Balaban J connectivity index is 2.04. The highest BCUT2D eigenvalue weighted by molar-refractivity contribution is 5.94. The van der Waals surface area contributed by atoms with Gasteiger partial charge >= 0.3 is 11.9 Å². The fraction of sp³-hybridized carbons (Fsp3) is 0.190. The van der Waals surface area contributed by atoms with Crippen molar-refractivity contribution in [2.75, 3.05) is 14.2 Å². The largest absolute Gasteiger partial charge is 0.489 e. The van der Waals surface area contributed by atoms with Gasteiger partial charge in [0.05, 0.1) is 19.7 Å². The van der Waals surface area contributed by atoms with E-state index in [0.717, 1.165) is 5.56 Å². The number of ether oxygens (including phenoxy) is 3. The zero-order valence-corrected chi connectivity index (χ0v) is 15.5. The van der Waals surface area contributed by atoms with Crippen LogP contribution in [-0.4, -0.2) is 30.7 Å². The van der Waals surface area contributed by atoms with Crippen LogP contribution < -0.4 is 10.2 Å². The standard InChI is InChI=1S/C21H19NO6/c1-26-19(23)12-22-11-17(21(25)27-2)20(24)16-9-8-15(10-18(16)22)28-13-14-6-4-3-5-7-14/h3-11H,12-13H2,1-2H3. The molecular weight excluding hydrogens is 362 g/mol. The molecule has 0 bridgehead atoms. The first kappa shape index (κ1) is 19.2. The summed E-state index contributed by atoms with van der Waals surface area (Å²) in [6.07, 6.45) is 1.30. The highest BCUT2D eigenvalue weighted by atomic mass is 16.5. The lowest BCUT2D eigenvalue weighted by Gasteiger charge is -2.13. The normalized spacial score (nSPS) is 10.5. The molecule has 1 aromatic heterocycles. The van der Waals surface area contributed by atoms with Gasteiger partial charge in [0.15, 0.2) is 0 Å². The molecular formula is C21H19NO6. The summed E-state index contributed by atoms with van der Waals surface area (Å²) in [4.78, 5) is 36.4. The van der Waals surface area contributed by atoms with Crippen LogP contribution in [0.3, 0.4) is 0 Å². The smallest absolute Gasteiger partial charge is 0.343 e. The fourth-order valence-corrected chi connectivity index (χ4v) is 2.79. The lowest BCUT2D eigenvalue weighted by atomic mass is 10.1. The van der Waals surface area contributed by atoms with Gasteiger partial charge in [0, 0.05) is 17.6 Å². The summed E-state index contributed by atoms with van der Waals surface area (Å²) in [5, 5.41) is 0.277. The molecule has 144 valence electrons. The summed E-state index contributed by atoms with van der Waals surface area (Å²) in [6.45, 7) is 0.188. The van der Waals surface area contributed by atoms with Crippen LogP contribution >= 0.6 is 0 Å². The molecule has 0 aliphatic heterocycles. The minimum absolute atomic E-state index is 0.156. The zero-order chi connectivity index (χ0) is 20.1. The van der Waals surface area contributed by atoms with Crippen molar-refractivity contribution in [3.63, 3.8) is 0 Å². The number of fused-ring (bicyclic) bond motifs is 1. The number of pyridine rings is 1. The van der Waals surface area contributed by atoms with Gasteiger partial charge < -0.3 is 18.8 Å². The van der Waals surface area contributed by atoms with Crippen molar-refractivity contribution in [3.05, 3.63) is 76.1 Å². The van der Waals surface area contributed by atoms with Gasteiger partial charge in [-0.25, -0.2) is 4.79 Å². The molecule has 0 radical (unpaired) electrons. The SMILES string of the molecule is COC(=O)Cn1cc(C(=O)OC)c(=O)c2ccc(OCc3ccccc3)cc21. The summed E-state index contributed by atoms with van der Waals surface area (Å²) in [7, 11) is 2.46. The molecule has 0 atom stereocenters. The van der Waals surface area contributed by atoms with Crippen molar-refractivity contribution in [3.8, 4) is 5.75 Å². The number of benzene rings is 2. The first-order valence-electron chi connectivity index (χ1n) is 8.52. The molecule has 0 amide bonds. The van der Waals surface area contributed by atoms with Gasteiger partial charge in [-0.2, -0.15) is 0 Å². The van der Waals surface area contributed by atoms with Crippen LogP contribution in [0.1, 0.15) is 15.9 Å². The average molecular weight is 381 g/mol. The van der Waals surface area contributed by atoms with E-state index >= 15 is 0 Å². The summed E-state index contributed by atoms with van der Waals surface area (Å²) in [5.41, 5.74) is 0.818. The third-order valence-electron chi connectivity index (χ3n) is 4.23. The van der Waals surface area contributed by atoms with E-state index < -0.39 is 17.4 Å². The summed E-state index contributed by atoms with van der Waals surface area (Å²) >= 11 is 0. The van der Waals surface area contributed by atoms with E-state index in [9.17, 15) is 14.4 Å². The molecule has 1 heterocycles. The summed E-state index contributed by atoms with van der Waals surface area (Å²) in [5.74, 6) is -0.758. The molecule has 0 unspecified atom stereocenters. The van der Waals surface area contributed by atoms with Gasteiger partial charge in [0.2, 0.25) is 5.43 Å². The van der Waals surface area contributed by atoms with E-state index in [4.69, 9.17) is 9.47 Å². The molecule has 0 aliphatic carbocycles. The third kappa shape index (κ3) is 4.03. The van der Waals surface area contributed by atoms with Crippen molar-refractivity contribution in [1.29, 1.82) is 0 Å². The number of rotatable bonds is 6. The summed E-state index contributed by atoms with van der Waals surface area (Å²) < 4.78 is 16.7. The number of esters is 2. The molecule has 0 fully saturated rings. The van der Waals surface area contributed by atoms with E-state index in [-0.39, 0.29) is 17.5 Å². The molecule has 0 saturated carbocycles. The maximum absolute atomic E-state index is 12.7. The number of aromatic nitrogens is 1. The second-order valence-corrected chi connectivity index (χ2v) is 6.02. The zero-order valence-electron chi connectivity index (χ0n) is 15.5. The summed E-state index contributed by atoms with van der Waals surface area (Å²) in [6, 6.07) is 14.5. The molecule has 3 aromatic rings. The minimum atomic E-state index is -0.769. The predicted octanol–water partition coefficient (Wildman–Crippen LogP) is 2.54. The minimum Gasteiger partial charge on any atom is -0.489 e. The molecule has 0 aliphatic rings. The Labute approximate surface area is 161 Å². The van der Waals surface area contributed by atoms with Crippen molar-refractivity contribution < 1.29 is 23.8 Å². The van der Waals surface area contributed by atoms with Crippen LogP contribution in [0.25, 0.3) is 10.9 Å². The van der Waals surface area contributed by atoms with Gasteiger partial charge in [0.1, 0.15) is 24.5 Å². The van der Waals surface area contributed by atoms with E-state index in [0.29, 0.717) is 17.9 Å². The van der Waals surface area contributed by atoms with E-state index in [1.54, 1.807) is 18.2 Å². The Bertz CT molecular complexity index is 1070. The van der Waals surface area contributed by atoms with Crippen molar-refractivity contribution >= 4 is 22.8 Å². The van der Waals surface area contributed by atoms with Crippen molar-refractivity contribution in [2.45, 2.75) is 13.2 Å². The Kier molecular flexibility index (Phi) is 5.74. The maximum atomic E-state index is 12.7. The Morgan fingerprint density at radius 3 is 2.43 bits per heavy atom. The first-order chi connectivity index (χ1) is 13.5. The van der Waals surface area contributed by atoms with Crippen LogP contribution in [0, 0.1) is 0 Å². The Hall–Kier alpha value is -3.61. The molecule has 0 N–H and O–H groups in total. The first-order valence-corrected chi connectivity index (χ1v) is 8.52. The quantitative estimate of drug-likeness (QED) is 0.610. The monoisotopic (exact) mass is 381 g/mol. The van der Waals surface area contributed by atoms with Crippen molar-refractivity contribution in [1.82, 2.24) is 4.57 Å². The highest BCUT2D eigenvalue weighted by Crippen LogP contribution is 2.21. The number of nitrogens with zero attached hydrogens (tertiary/aromatic N) is 1. The number of carbonyl (C=O) groups is 2. The van der Waals surface area contributed by atoms with E-state index in [1.807, 2.05) is 30.3 Å². The number of carbonyl (C=O) groups excluding carboxylic acids is 2. The third-order valence-corrected chi connectivity index (χ3v) is 4.23. The highest BCUT2D eigenvalue weighted by Gasteiger charge is 2.18. The number of hydrogen-bond acceptors (Lipinski definition) is 6. The predicted molar refractivity (Wildman–Crippen MR) is 102 cm³/mol. The van der Waals surface area contributed by atoms with Gasteiger partial charge in [-0.1, -0.05) is 30.3 Å². The fourth-order valence-electron chi connectivity index (χ4n) is 2.79. The lowest BCUT2D eigenvalue weighted by Crippen LogP contribution is -2.22. The van der Waals surface area contributed by atoms with Gasteiger partial charge in [-0.05, 0) is 17.7 Å². The molecule has 7 nitrogen and oxygen atoms in total. The Morgan fingerprint density at radius 1 is 1.00 bits per heavy atom. The van der Waals surface area contributed by atoms with Crippen LogP contribution in [0.5, 0.6) is 5.75 Å². The van der Waals surface area contributed by atoms with E-state index in [2.05, 4.69) is 4.74 Å². The van der Waals surface area contributed by atoms with Crippen LogP contribution in [-0.2, 0) is 27.4 Å². The van der Waals surface area contributed by atoms with Gasteiger partial charge in [-0.3, -0.25) is 9.59 Å². The molecule has 0 saturated heterocycles. The average Bonchev–Trinajstić information content (AvgIpc) is 2.74. The van der Waals surface area contributed by atoms with E-state index in [1.165, 1.54) is 25.0 Å². The second kappa shape index (κ2) is 8.39. The van der Waals surface area contributed by atoms with Crippen LogP contribution in [0.15, 0.2) is 59.5 Å². The molecule has 28 heavy (non-hydrogen) atoms. The second-order valence-electron chi connectivity index (χ2n) is 6.02. The van der Waals surface area contributed by atoms with Crippen molar-refractivity contribution in [2.24, 2.45) is 0 Å². The Morgan fingerprint density at radius 2 is 1.75 bits per heavy atom. The molecule has 0 spiro atoms. The van der Waals surface area contributed by atoms with Gasteiger partial charge in [0.25, 0.3) is 0 Å². The number of methoxy groups -OCH3 is 2. The molecule has 7 heteroatoms.